The van der Waals surface area contributed by atoms with Crippen molar-refractivity contribution in [3.63, 3.8) is 0 Å². The van der Waals surface area contributed by atoms with Crippen molar-refractivity contribution in [2.45, 2.75) is 38.8 Å². The number of carbonyl (C=O) groups is 2. The third kappa shape index (κ3) is 3.57. The van der Waals surface area contributed by atoms with Crippen molar-refractivity contribution in [1.82, 2.24) is 14.7 Å². The molecule has 0 saturated heterocycles. The molecule has 1 aliphatic carbocycles. The molecule has 1 atom stereocenters. The van der Waals surface area contributed by atoms with E-state index in [1.807, 2.05) is 19.1 Å². The highest BCUT2D eigenvalue weighted by atomic mass is 16.5. The van der Waals surface area contributed by atoms with Crippen LogP contribution in [0.1, 0.15) is 47.4 Å². The summed E-state index contributed by atoms with van der Waals surface area (Å²) in [6.45, 7) is 2.20. The highest BCUT2D eigenvalue weighted by Gasteiger charge is 2.27. The molecule has 3 rings (SSSR count). The summed E-state index contributed by atoms with van der Waals surface area (Å²) in [5.74, 6) is -0.720. The van der Waals surface area contributed by atoms with E-state index in [1.165, 1.54) is 11.1 Å². The first-order valence-corrected chi connectivity index (χ1v) is 8.64. The van der Waals surface area contributed by atoms with Crippen molar-refractivity contribution in [2.24, 2.45) is 0 Å². The quantitative estimate of drug-likeness (QED) is 0.784. The predicted molar refractivity (Wildman–Crippen MR) is 93.1 cm³/mol. The lowest BCUT2D eigenvalue weighted by Crippen LogP contribution is -2.36. The first-order chi connectivity index (χ1) is 12.1. The van der Waals surface area contributed by atoms with Crippen LogP contribution in [0.15, 0.2) is 36.5 Å². The third-order valence-electron chi connectivity index (χ3n) is 4.75. The van der Waals surface area contributed by atoms with E-state index in [0.717, 1.165) is 19.3 Å². The van der Waals surface area contributed by atoms with Crippen LogP contribution < -0.4 is 0 Å². The van der Waals surface area contributed by atoms with Gasteiger partial charge >= 0.3 is 5.97 Å². The summed E-state index contributed by atoms with van der Waals surface area (Å²) < 4.78 is 6.75. The molecule has 0 saturated carbocycles. The highest BCUT2D eigenvalue weighted by Crippen LogP contribution is 2.33. The zero-order chi connectivity index (χ0) is 17.8. The van der Waals surface area contributed by atoms with E-state index >= 15 is 0 Å². The van der Waals surface area contributed by atoms with Crippen LogP contribution in [0.25, 0.3) is 0 Å². The zero-order valence-corrected chi connectivity index (χ0v) is 14.6. The normalized spacial score (nSPS) is 16.2. The van der Waals surface area contributed by atoms with Crippen molar-refractivity contribution < 1.29 is 14.3 Å². The van der Waals surface area contributed by atoms with E-state index in [-0.39, 0.29) is 18.6 Å². The van der Waals surface area contributed by atoms with Gasteiger partial charge in [-0.1, -0.05) is 24.3 Å². The summed E-state index contributed by atoms with van der Waals surface area (Å²) in [6, 6.07) is 9.86. The molecule has 0 unspecified atom stereocenters. The molecule has 1 heterocycles. The molecule has 1 aliphatic rings. The smallest absolute Gasteiger partial charge is 0.357 e. The highest BCUT2D eigenvalue weighted by molar-refractivity contribution is 5.89. The van der Waals surface area contributed by atoms with Gasteiger partial charge in [0.1, 0.15) is 5.69 Å². The SMILES string of the molecule is CCn1nccc1C(=O)OCC(=O)N(C)[C@H]1CCCc2ccccc21. The average Bonchev–Trinajstić information content (AvgIpc) is 3.13. The molecule has 0 N–H and O–H groups in total. The van der Waals surface area contributed by atoms with E-state index in [1.54, 1.807) is 28.9 Å². The number of nitrogens with zero attached hydrogens (tertiary/aromatic N) is 3. The Labute approximate surface area is 147 Å². The first kappa shape index (κ1) is 17.2. The summed E-state index contributed by atoms with van der Waals surface area (Å²) in [6.07, 6.45) is 4.57. The van der Waals surface area contributed by atoms with Crippen LogP contribution >= 0.6 is 0 Å². The second-order valence-corrected chi connectivity index (χ2v) is 6.22. The number of amides is 1. The number of esters is 1. The number of ether oxygens (including phenoxy) is 1. The lowest BCUT2D eigenvalue weighted by molar-refractivity contribution is -0.135. The van der Waals surface area contributed by atoms with Crippen molar-refractivity contribution in [3.8, 4) is 0 Å². The number of rotatable bonds is 5. The molecule has 0 aliphatic heterocycles. The van der Waals surface area contributed by atoms with Crippen LogP contribution in [0.3, 0.4) is 0 Å². The second kappa shape index (κ2) is 7.51. The molecule has 1 aromatic carbocycles. The molecular weight excluding hydrogens is 318 g/mol. The first-order valence-electron chi connectivity index (χ1n) is 8.64. The molecule has 0 spiro atoms. The van der Waals surface area contributed by atoms with Crippen molar-refractivity contribution in [1.29, 1.82) is 0 Å². The summed E-state index contributed by atoms with van der Waals surface area (Å²) >= 11 is 0. The molecule has 132 valence electrons. The standard InChI is InChI=1S/C19H23N3O3/c1-3-22-17(11-12-20-22)19(24)25-13-18(23)21(2)16-10-6-8-14-7-4-5-9-15(14)16/h4-5,7,9,11-12,16H,3,6,8,10,13H2,1-2H3/t16-/m0/s1. The van der Waals surface area contributed by atoms with Crippen LogP contribution in [0.4, 0.5) is 0 Å². The van der Waals surface area contributed by atoms with Gasteiger partial charge in [0, 0.05) is 19.8 Å². The average molecular weight is 341 g/mol. The van der Waals surface area contributed by atoms with E-state index in [9.17, 15) is 9.59 Å². The van der Waals surface area contributed by atoms with Crippen molar-refractivity contribution >= 4 is 11.9 Å². The second-order valence-electron chi connectivity index (χ2n) is 6.22. The molecule has 6 nitrogen and oxygen atoms in total. The minimum absolute atomic E-state index is 0.0392. The molecule has 0 bridgehead atoms. The summed E-state index contributed by atoms with van der Waals surface area (Å²) in [5.41, 5.74) is 2.85. The van der Waals surface area contributed by atoms with Gasteiger partial charge in [-0.25, -0.2) is 4.79 Å². The molecule has 0 fully saturated rings. The van der Waals surface area contributed by atoms with E-state index in [0.29, 0.717) is 12.2 Å². The van der Waals surface area contributed by atoms with Crippen LogP contribution in [0.2, 0.25) is 0 Å². The van der Waals surface area contributed by atoms with Gasteiger partial charge in [-0.3, -0.25) is 9.48 Å². The Balaban J connectivity index is 1.63. The van der Waals surface area contributed by atoms with Gasteiger partial charge in [0.2, 0.25) is 0 Å². The monoisotopic (exact) mass is 341 g/mol. The van der Waals surface area contributed by atoms with Gasteiger partial charge in [0.25, 0.3) is 5.91 Å². The Bertz CT molecular complexity index is 769. The minimum Gasteiger partial charge on any atom is -0.451 e. The predicted octanol–water partition coefficient (Wildman–Crippen LogP) is 2.60. The molecule has 2 aromatic rings. The molecule has 6 heteroatoms. The number of hydrogen-bond donors (Lipinski definition) is 0. The molecular formula is C19H23N3O3. The van der Waals surface area contributed by atoms with Gasteiger partial charge in [0.15, 0.2) is 6.61 Å². The van der Waals surface area contributed by atoms with Gasteiger partial charge in [0.05, 0.1) is 6.04 Å². The lowest BCUT2D eigenvalue weighted by atomic mass is 9.87. The van der Waals surface area contributed by atoms with Crippen LogP contribution in [0, 0.1) is 0 Å². The number of likely N-dealkylation sites (N-methyl/N-ethyl adjacent to an activating group) is 1. The van der Waals surface area contributed by atoms with Crippen LogP contribution in [-0.4, -0.2) is 40.2 Å². The van der Waals surface area contributed by atoms with Crippen molar-refractivity contribution in [3.05, 3.63) is 53.3 Å². The third-order valence-corrected chi connectivity index (χ3v) is 4.75. The maximum atomic E-state index is 12.5. The van der Waals surface area contributed by atoms with E-state index < -0.39 is 5.97 Å². The number of hydrogen-bond acceptors (Lipinski definition) is 4. The number of aryl methyl sites for hydroxylation is 2. The Morgan fingerprint density at radius 1 is 1.32 bits per heavy atom. The van der Waals surface area contributed by atoms with E-state index in [2.05, 4.69) is 17.2 Å². The summed E-state index contributed by atoms with van der Waals surface area (Å²) in [7, 11) is 1.78. The zero-order valence-electron chi connectivity index (χ0n) is 14.6. The number of aromatic nitrogens is 2. The Morgan fingerprint density at radius 3 is 2.92 bits per heavy atom. The van der Waals surface area contributed by atoms with Crippen LogP contribution in [-0.2, 0) is 22.5 Å². The van der Waals surface area contributed by atoms with Gasteiger partial charge in [-0.05, 0) is 43.4 Å². The molecule has 1 aromatic heterocycles. The lowest BCUT2D eigenvalue weighted by Gasteiger charge is -2.33. The fourth-order valence-corrected chi connectivity index (χ4v) is 3.37. The van der Waals surface area contributed by atoms with Crippen LogP contribution in [0.5, 0.6) is 0 Å². The largest absolute Gasteiger partial charge is 0.451 e. The fraction of sp³-hybridized carbons (Fsp3) is 0.421. The Morgan fingerprint density at radius 2 is 2.12 bits per heavy atom. The van der Waals surface area contributed by atoms with E-state index in [4.69, 9.17) is 4.74 Å². The van der Waals surface area contributed by atoms with Crippen molar-refractivity contribution in [2.75, 3.05) is 13.7 Å². The van der Waals surface area contributed by atoms with Gasteiger partial charge < -0.3 is 9.64 Å². The molecule has 1 amide bonds. The summed E-state index contributed by atoms with van der Waals surface area (Å²) in [5, 5.41) is 4.04. The maximum Gasteiger partial charge on any atom is 0.357 e. The summed E-state index contributed by atoms with van der Waals surface area (Å²) in [4.78, 5) is 26.3. The topological polar surface area (TPSA) is 64.4 Å². The maximum absolute atomic E-state index is 12.5. The fourth-order valence-electron chi connectivity index (χ4n) is 3.37. The molecule has 0 radical (unpaired) electrons. The Kier molecular flexibility index (Phi) is 5.16. The number of benzene rings is 1. The van der Waals surface area contributed by atoms with Gasteiger partial charge in [-0.15, -0.1) is 0 Å². The molecule has 25 heavy (non-hydrogen) atoms. The van der Waals surface area contributed by atoms with Gasteiger partial charge in [-0.2, -0.15) is 5.10 Å². The number of fused-ring (bicyclic) bond motifs is 1. The minimum atomic E-state index is -0.523. The Hall–Kier alpha value is -2.63. The number of carbonyl (C=O) groups excluding carboxylic acids is 2.